The van der Waals surface area contributed by atoms with Crippen LogP contribution in [-0.4, -0.2) is 62.9 Å². The zero-order valence-electron chi connectivity index (χ0n) is 19.0. The van der Waals surface area contributed by atoms with Crippen molar-refractivity contribution in [3.8, 4) is 0 Å². The molecule has 0 saturated heterocycles. The van der Waals surface area contributed by atoms with Crippen molar-refractivity contribution in [1.82, 2.24) is 19.7 Å². The fourth-order valence-corrected chi connectivity index (χ4v) is 4.97. The fraction of sp³-hybridized carbons (Fsp3) is 0.364. The maximum absolute atomic E-state index is 13.3. The van der Waals surface area contributed by atoms with E-state index in [4.69, 9.17) is 5.14 Å². The second-order valence-electron chi connectivity index (χ2n) is 8.50. The first-order chi connectivity index (χ1) is 17.1. The third-order valence-corrected chi connectivity index (χ3v) is 6.84. The molecular formula is C22H25BrN6O6S. The Morgan fingerprint density at radius 3 is 2.83 bits per heavy atom. The number of carbonyl (C=O) groups excluding carboxylic acids is 1. The van der Waals surface area contributed by atoms with Gasteiger partial charge in [0.15, 0.2) is 0 Å². The maximum atomic E-state index is 13.3. The molecule has 36 heavy (non-hydrogen) atoms. The largest absolute Gasteiger partial charge is 0.393 e. The van der Waals surface area contributed by atoms with Gasteiger partial charge in [-0.05, 0) is 36.6 Å². The Kier molecular flexibility index (Phi) is 8.12. The highest BCUT2D eigenvalue weighted by atomic mass is 79.9. The number of aliphatic hydroxyl groups is 2. The first-order valence-corrected chi connectivity index (χ1v) is 13.3. The van der Waals surface area contributed by atoms with Crippen molar-refractivity contribution in [1.29, 1.82) is 0 Å². The summed E-state index contributed by atoms with van der Waals surface area (Å²) in [6, 6.07) is 8.86. The van der Waals surface area contributed by atoms with Crippen LogP contribution in [-0.2, 0) is 27.6 Å². The smallest absolute Gasteiger partial charge is 0.333 e. The molecule has 4 rings (SSSR count). The van der Waals surface area contributed by atoms with E-state index in [0.717, 1.165) is 10.0 Å². The van der Waals surface area contributed by atoms with E-state index in [2.05, 4.69) is 40.5 Å². The minimum atomic E-state index is -4.11. The number of benzene rings is 1. The zero-order chi connectivity index (χ0) is 25.9. The number of halogens is 1. The molecule has 14 heteroatoms. The van der Waals surface area contributed by atoms with Gasteiger partial charge in [0.05, 0.1) is 37.1 Å². The summed E-state index contributed by atoms with van der Waals surface area (Å²) in [7, 11) is -4.11. The SMILES string of the molecule is NS(=O)(=O)OC[C@H]1C[C@@H](Nc2ncncc2C(=O)c2cc(CO)n(Cc3cccc(Br)c3)n2)C[C@@H]1O. The molecule has 0 unspecified atom stereocenters. The standard InChI is InChI=1S/C22H25BrN6O6S/c23-15-3-1-2-13(4-15)9-29-17(10-30)7-19(28-29)21(32)18-8-25-12-26-22(18)27-16-5-14(20(31)6-16)11-35-36(24,33)34/h1-4,7-8,12,14,16,20,30-31H,5-6,9-11H2,(H2,24,33,34)(H,25,26,27)/t14-,16-,20+/m1/s1. The number of aliphatic hydroxyl groups excluding tert-OH is 2. The van der Waals surface area contributed by atoms with Gasteiger partial charge >= 0.3 is 10.3 Å². The lowest BCUT2D eigenvalue weighted by Crippen LogP contribution is -2.24. The maximum Gasteiger partial charge on any atom is 0.333 e. The number of nitrogens with zero attached hydrogens (tertiary/aromatic N) is 4. The second-order valence-corrected chi connectivity index (χ2v) is 10.6. The van der Waals surface area contributed by atoms with Gasteiger partial charge in [0, 0.05) is 22.6 Å². The average Bonchev–Trinajstić information content (AvgIpc) is 3.39. The first-order valence-electron chi connectivity index (χ1n) is 11.0. The highest BCUT2D eigenvalue weighted by Gasteiger charge is 2.35. The van der Waals surface area contributed by atoms with Crippen molar-refractivity contribution in [2.45, 2.75) is 38.1 Å². The van der Waals surface area contributed by atoms with Crippen molar-refractivity contribution in [2.24, 2.45) is 11.1 Å². The molecule has 1 aliphatic carbocycles. The Morgan fingerprint density at radius 2 is 2.11 bits per heavy atom. The van der Waals surface area contributed by atoms with Crippen LogP contribution in [0.5, 0.6) is 0 Å². The van der Waals surface area contributed by atoms with Gasteiger partial charge in [0.1, 0.15) is 17.8 Å². The third kappa shape index (κ3) is 6.52. The summed E-state index contributed by atoms with van der Waals surface area (Å²) in [5, 5.41) is 32.5. The molecule has 3 atom stereocenters. The molecule has 0 amide bonds. The topological polar surface area (TPSA) is 183 Å². The number of carbonyl (C=O) groups is 1. The number of hydrogen-bond acceptors (Lipinski definition) is 10. The molecule has 1 fully saturated rings. The Labute approximate surface area is 215 Å². The number of aromatic nitrogens is 4. The van der Waals surface area contributed by atoms with E-state index in [0.29, 0.717) is 25.1 Å². The van der Waals surface area contributed by atoms with Gasteiger partial charge in [-0.15, -0.1) is 0 Å². The average molecular weight is 581 g/mol. The van der Waals surface area contributed by atoms with Crippen LogP contribution >= 0.6 is 15.9 Å². The Bertz CT molecular complexity index is 1350. The Morgan fingerprint density at radius 1 is 1.31 bits per heavy atom. The number of nitrogens with one attached hydrogen (secondary N) is 1. The lowest BCUT2D eigenvalue weighted by atomic mass is 10.1. The Balaban J connectivity index is 1.50. The molecule has 2 heterocycles. The van der Waals surface area contributed by atoms with Gasteiger partial charge < -0.3 is 15.5 Å². The molecular weight excluding hydrogens is 556 g/mol. The van der Waals surface area contributed by atoms with Crippen LogP contribution in [0.25, 0.3) is 0 Å². The van der Waals surface area contributed by atoms with E-state index >= 15 is 0 Å². The van der Waals surface area contributed by atoms with Gasteiger partial charge in [-0.1, -0.05) is 28.1 Å². The summed E-state index contributed by atoms with van der Waals surface area (Å²) < 4.78 is 29.2. The first kappa shape index (κ1) is 26.3. The monoisotopic (exact) mass is 580 g/mol. The van der Waals surface area contributed by atoms with E-state index in [1.807, 2.05) is 24.3 Å². The van der Waals surface area contributed by atoms with Crippen molar-refractivity contribution >= 4 is 37.8 Å². The molecule has 192 valence electrons. The van der Waals surface area contributed by atoms with Crippen LogP contribution in [0, 0.1) is 5.92 Å². The zero-order valence-corrected chi connectivity index (χ0v) is 21.4. The van der Waals surface area contributed by atoms with E-state index in [1.54, 1.807) is 4.68 Å². The van der Waals surface area contributed by atoms with Crippen molar-refractivity contribution in [3.05, 3.63) is 69.8 Å². The minimum absolute atomic E-state index is 0.123. The minimum Gasteiger partial charge on any atom is -0.393 e. The number of hydrogen-bond donors (Lipinski definition) is 4. The number of ketones is 1. The fourth-order valence-electron chi connectivity index (χ4n) is 4.16. The normalized spacial score (nSPS) is 19.9. The molecule has 12 nitrogen and oxygen atoms in total. The van der Waals surface area contributed by atoms with Gasteiger partial charge in [0.25, 0.3) is 0 Å². The number of anilines is 1. The van der Waals surface area contributed by atoms with Crippen LogP contribution < -0.4 is 10.5 Å². The van der Waals surface area contributed by atoms with Crippen LogP contribution in [0.15, 0.2) is 47.3 Å². The summed E-state index contributed by atoms with van der Waals surface area (Å²) in [5.74, 6) is -0.636. The predicted molar refractivity (Wildman–Crippen MR) is 132 cm³/mol. The number of rotatable bonds is 10. The van der Waals surface area contributed by atoms with Gasteiger partial charge in [0.2, 0.25) is 5.78 Å². The van der Waals surface area contributed by atoms with Gasteiger partial charge in [-0.25, -0.2) is 15.1 Å². The molecule has 1 aromatic carbocycles. The molecule has 5 N–H and O–H groups in total. The second kappa shape index (κ2) is 11.1. The summed E-state index contributed by atoms with van der Waals surface area (Å²) in [6.07, 6.45) is 2.52. The molecule has 1 aliphatic rings. The van der Waals surface area contributed by atoms with Crippen molar-refractivity contribution in [2.75, 3.05) is 11.9 Å². The van der Waals surface area contributed by atoms with Crippen LogP contribution in [0.3, 0.4) is 0 Å². The quantitative estimate of drug-likeness (QED) is 0.252. The molecule has 2 aromatic heterocycles. The molecule has 1 saturated carbocycles. The molecule has 0 spiro atoms. The van der Waals surface area contributed by atoms with Crippen molar-refractivity contribution in [3.63, 3.8) is 0 Å². The van der Waals surface area contributed by atoms with E-state index in [9.17, 15) is 23.4 Å². The predicted octanol–water partition coefficient (Wildman–Crippen LogP) is 0.979. The van der Waals surface area contributed by atoms with Crippen LogP contribution in [0.2, 0.25) is 0 Å². The molecule has 0 aliphatic heterocycles. The summed E-state index contributed by atoms with van der Waals surface area (Å²) in [4.78, 5) is 21.5. The molecule has 0 radical (unpaired) electrons. The van der Waals surface area contributed by atoms with E-state index in [-0.39, 0.29) is 36.3 Å². The summed E-state index contributed by atoms with van der Waals surface area (Å²) in [5.41, 5.74) is 1.71. The van der Waals surface area contributed by atoms with Gasteiger partial charge in [-0.2, -0.15) is 13.5 Å². The van der Waals surface area contributed by atoms with Crippen LogP contribution in [0.1, 0.15) is 40.2 Å². The summed E-state index contributed by atoms with van der Waals surface area (Å²) in [6.45, 7) is -0.180. The lowest BCUT2D eigenvalue weighted by Gasteiger charge is -2.15. The highest BCUT2D eigenvalue weighted by molar-refractivity contribution is 9.10. The molecule has 0 bridgehead atoms. The third-order valence-electron chi connectivity index (χ3n) is 5.88. The molecule has 3 aromatic rings. The lowest BCUT2D eigenvalue weighted by molar-refractivity contribution is 0.101. The van der Waals surface area contributed by atoms with E-state index < -0.39 is 28.1 Å². The highest BCUT2D eigenvalue weighted by Crippen LogP contribution is 2.30. The van der Waals surface area contributed by atoms with E-state index in [1.165, 1.54) is 18.6 Å². The summed E-state index contributed by atoms with van der Waals surface area (Å²) >= 11 is 3.43. The van der Waals surface area contributed by atoms with Gasteiger partial charge in [-0.3, -0.25) is 13.7 Å². The van der Waals surface area contributed by atoms with Crippen LogP contribution in [0.4, 0.5) is 5.82 Å². The number of nitrogens with two attached hydrogens (primary N) is 1. The Hall–Kier alpha value is -2.75. The van der Waals surface area contributed by atoms with Crippen molar-refractivity contribution < 1.29 is 27.6 Å².